The molecule has 0 radical (unpaired) electrons. The Morgan fingerprint density at radius 3 is 1.90 bits per heavy atom. The van der Waals surface area contributed by atoms with Gasteiger partial charge in [-0.15, -0.1) is 0 Å². The van der Waals surface area contributed by atoms with Crippen LogP contribution in [-0.2, 0) is 10.0 Å². The van der Waals surface area contributed by atoms with Gasteiger partial charge in [-0.25, -0.2) is 8.42 Å². The lowest BCUT2D eigenvalue weighted by Crippen LogP contribution is -2.41. The minimum Gasteiger partial charge on any atom is -0.207 e. The van der Waals surface area contributed by atoms with Crippen molar-refractivity contribution in [3.63, 3.8) is 0 Å². The van der Waals surface area contributed by atoms with Crippen molar-refractivity contribution in [1.29, 1.82) is 0 Å². The van der Waals surface area contributed by atoms with Crippen molar-refractivity contribution >= 4 is 10.0 Å². The van der Waals surface area contributed by atoms with Gasteiger partial charge in [0.15, 0.2) is 0 Å². The summed E-state index contributed by atoms with van der Waals surface area (Å²) in [6.07, 6.45) is 6.00. The standard InChI is InChI=1S/C17H27NO2S/c1-4-6-15-10-11-16(7-5-2)18(15)21(19,20)17-12-8-14(3)9-13-17/h8-9,12-13,15-16H,4-7,10-11H2,1-3H3/t15-,16-/m1/s1. The number of aryl methyl sites for hydroxylation is 1. The predicted octanol–water partition coefficient (Wildman–Crippen LogP) is 4.12. The summed E-state index contributed by atoms with van der Waals surface area (Å²) in [5.41, 5.74) is 1.09. The van der Waals surface area contributed by atoms with Gasteiger partial charge < -0.3 is 0 Å². The molecule has 0 saturated carbocycles. The Bertz CT molecular complexity index is 537. The fourth-order valence-electron chi connectivity index (χ4n) is 3.37. The van der Waals surface area contributed by atoms with Gasteiger partial charge in [0.1, 0.15) is 0 Å². The molecule has 0 spiro atoms. The highest BCUT2D eigenvalue weighted by molar-refractivity contribution is 7.89. The van der Waals surface area contributed by atoms with Crippen molar-refractivity contribution in [2.45, 2.75) is 76.3 Å². The van der Waals surface area contributed by atoms with Crippen molar-refractivity contribution in [3.8, 4) is 0 Å². The average Bonchev–Trinajstić information content (AvgIpc) is 2.84. The molecule has 1 saturated heterocycles. The smallest absolute Gasteiger partial charge is 0.207 e. The zero-order valence-electron chi connectivity index (χ0n) is 13.4. The van der Waals surface area contributed by atoms with E-state index in [0.29, 0.717) is 4.90 Å². The first-order valence-electron chi connectivity index (χ1n) is 8.11. The second-order valence-electron chi connectivity index (χ2n) is 6.11. The van der Waals surface area contributed by atoms with Crippen LogP contribution in [0.4, 0.5) is 0 Å². The molecular formula is C17H27NO2S. The second kappa shape index (κ2) is 6.93. The summed E-state index contributed by atoms with van der Waals surface area (Å²) in [5.74, 6) is 0. The first-order valence-corrected chi connectivity index (χ1v) is 9.55. The Morgan fingerprint density at radius 1 is 1.00 bits per heavy atom. The maximum Gasteiger partial charge on any atom is 0.243 e. The Morgan fingerprint density at radius 2 is 1.48 bits per heavy atom. The van der Waals surface area contributed by atoms with E-state index >= 15 is 0 Å². The van der Waals surface area contributed by atoms with Crippen LogP contribution in [0.5, 0.6) is 0 Å². The van der Waals surface area contributed by atoms with Crippen molar-refractivity contribution < 1.29 is 8.42 Å². The minimum absolute atomic E-state index is 0.179. The molecule has 0 aliphatic carbocycles. The number of hydrogen-bond acceptors (Lipinski definition) is 2. The summed E-state index contributed by atoms with van der Waals surface area (Å²) in [7, 11) is -3.36. The third-order valence-corrected chi connectivity index (χ3v) is 6.41. The van der Waals surface area contributed by atoms with Crippen LogP contribution in [0.2, 0.25) is 0 Å². The molecule has 21 heavy (non-hydrogen) atoms. The van der Waals surface area contributed by atoms with Crippen LogP contribution in [0.15, 0.2) is 29.2 Å². The quantitative estimate of drug-likeness (QED) is 0.793. The van der Waals surface area contributed by atoms with Crippen molar-refractivity contribution in [2.75, 3.05) is 0 Å². The third kappa shape index (κ3) is 3.49. The summed E-state index contributed by atoms with van der Waals surface area (Å²) in [5, 5.41) is 0. The van der Waals surface area contributed by atoms with Gasteiger partial charge in [0, 0.05) is 12.1 Å². The summed E-state index contributed by atoms with van der Waals surface area (Å²) in [4.78, 5) is 0.442. The molecule has 0 N–H and O–H groups in total. The Kier molecular flexibility index (Phi) is 5.44. The van der Waals surface area contributed by atoms with E-state index < -0.39 is 10.0 Å². The summed E-state index contributed by atoms with van der Waals surface area (Å²) < 4.78 is 27.9. The van der Waals surface area contributed by atoms with E-state index in [2.05, 4.69) is 13.8 Å². The first kappa shape index (κ1) is 16.5. The third-order valence-electron chi connectivity index (χ3n) is 4.39. The fourth-order valence-corrected chi connectivity index (χ4v) is 5.30. The Balaban J connectivity index is 2.34. The van der Waals surface area contributed by atoms with Crippen LogP contribution < -0.4 is 0 Å². The molecule has 1 fully saturated rings. The second-order valence-corrected chi connectivity index (χ2v) is 7.95. The lowest BCUT2D eigenvalue weighted by atomic mass is 10.1. The molecule has 1 aromatic carbocycles. The predicted molar refractivity (Wildman–Crippen MR) is 86.8 cm³/mol. The van der Waals surface area contributed by atoms with Crippen LogP contribution >= 0.6 is 0 Å². The Hall–Kier alpha value is -0.870. The van der Waals surface area contributed by atoms with E-state index in [-0.39, 0.29) is 12.1 Å². The monoisotopic (exact) mass is 309 g/mol. The molecule has 2 rings (SSSR count). The van der Waals surface area contributed by atoms with Gasteiger partial charge in [0.25, 0.3) is 0 Å². The largest absolute Gasteiger partial charge is 0.243 e. The summed E-state index contributed by atoms with van der Waals surface area (Å²) in [6, 6.07) is 7.61. The number of rotatable bonds is 6. The molecule has 4 heteroatoms. The molecule has 3 nitrogen and oxygen atoms in total. The van der Waals surface area contributed by atoms with E-state index in [1.807, 2.05) is 23.4 Å². The maximum absolute atomic E-state index is 13.0. The highest BCUT2D eigenvalue weighted by Crippen LogP contribution is 2.35. The van der Waals surface area contributed by atoms with Crippen LogP contribution in [0.3, 0.4) is 0 Å². The fraction of sp³-hybridized carbons (Fsp3) is 0.647. The SMILES string of the molecule is CCC[C@@H]1CC[C@@H](CCC)N1S(=O)(=O)c1ccc(C)cc1. The molecule has 1 aromatic rings. The number of sulfonamides is 1. The molecule has 2 atom stereocenters. The molecule has 0 aromatic heterocycles. The molecule has 0 unspecified atom stereocenters. The van der Waals surface area contributed by atoms with E-state index in [0.717, 1.165) is 44.1 Å². The lowest BCUT2D eigenvalue weighted by Gasteiger charge is -2.29. The molecule has 1 heterocycles. The number of nitrogens with zero attached hydrogens (tertiary/aromatic N) is 1. The van der Waals surface area contributed by atoms with Crippen LogP contribution in [0, 0.1) is 6.92 Å². The molecule has 1 aliphatic heterocycles. The molecule has 118 valence electrons. The highest BCUT2D eigenvalue weighted by Gasteiger charge is 2.40. The summed E-state index contributed by atoms with van der Waals surface area (Å²) >= 11 is 0. The van der Waals surface area contributed by atoms with Crippen LogP contribution in [0.25, 0.3) is 0 Å². The molecular weight excluding hydrogens is 282 g/mol. The molecule has 0 amide bonds. The van der Waals surface area contributed by atoms with Crippen molar-refractivity contribution in [2.24, 2.45) is 0 Å². The van der Waals surface area contributed by atoms with Gasteiger partial charge >= 0.3 is 0 Å². The Labute approximate surface area is 129 Å². The van der Waals surface area contributed by atoms with Crippen molar-refractivity contribution in [1.82, 2.24) is 4.31 Å². The lowest BCUT2D eigenvalue weighted by molar-refractivity contribution is 0.296. The maximum atomic E-state index is 13.0. The molecule has 0 bridgehead atoms. The zero-order valence-corrected chi connectivity index (χ0v) is 14.2. The number of hydrogen-bond donors (Lipinski definition) is 0. The molecule has 1 aliphatic rings. The van der Waals surface area contributed by atoms with E-state index in [9.17, 15) is 8.42 Å². The summed E-state index contributed by atoms with van der Waals surface area (Å²) in [6.45, 7) is 6.24. The van der Waals surface area contributed by atoms with E-state index in [4.69, 9.17) is 0 Å². The van der Waals surface area contributed by atoms with Gasteiger partial charge in [-0.05, 0) is 44.7 Å². The number of benzene rings is 1. The zero-order chi connectivity index (χ0) is 15.5. The normalized spacial score (nSPS) is 23.6. The van der Waals surface area contributed by atoms with Gasteiger partial charge in [-0.1, -0.05) is 44.4 Å². The van der Waals surface area contributed by atoms with Crippen LogP contribution in [0.1, 0.15) is 57.9 Å². The van der Waals surface area contributed by atoms with Gasteiger partial charge in [0.05, 0.1) is 4.90 Å². The van der Waals surface area contributed by atoms with Crippen LogP contribution in [-0.4, -0.2) is 24.8 Å². The highest BCUT2D eigenvalue weighted by atomic mass is 32.2. The minimum atomic E-state index is -3.36. The first-order chi connectivity index (χ1) is 10.0. The van der Waals surface area contributed by atoms with Gasteiger partial charge in [0.2, 0.25) is 10.0 Å². The average molecular weight is 309 g/mol. The van der Waals surface area contributed by atoms with E-state index in [1.54, 1.807) is 12.1 Å². The topological polar surface area (TPSA) is 37.4 Å². The van der Waals surface area contributed by atoms with Gasteiger partial charge in [-0.2, -0.15) is 4.31 Å². The van der Waals surface area contributed by atoms with Crippen molar-refractivity contribution in [3.05, 3.63) is 29.8 Å². The van der Waals surface area contributed by atoms with E-state index in [1.165, 1.54) is 0 Å². The van der Waals surface area contributed by atoms with Gasteiger partial charge in [-0.3, -0.25) is 0 Å².